The monoisotopic (exact) mass is 342 g/mol. The smallest absolute Gasteiger partial charge is 0.307 e. The molecular formula is C19H22N2O2S. The number of hydrogen-bond acceptors (Lipinski definition) is 4. The minimum Gasteiger partial charge on any atom is -0.372 e. The predicted molar refractivity (Wildman–Crippen MR) is 99.6 cm³/mol. The number of hydrogen-bond donors (Lipinski definition) is 1. The maximum absolute atomic E-state index is 11.7. The number of rotatable bonds is 6. The molecule has 2 aromatic carbocycles. The zero-order valence-electron chi connectivity index (χ0n) is 14.2. The van der Waals surface area contributed by atoms with Crippen LogP contribution in [0.15, 0.2) is 53.3 Å². The molecule has 126 valence electrons. The van der Waals surface area contributed by atoms with Crippen molar-refractivity contribution in [1.29, 1.82) is 0 Å². The van der Waals surface area contributed by atoms with E-state index < -0.39 is 0 Å². The van der Waals surface area contributed by atoms with Crippen LogP contribution >= 0.6 is 11.3 Å². The molecule has 1 heterocycles. The second kappa shape index (κ2) is 6.89. The lowest BCUT2D eigenvalue weighted by Crippen LogP contribution is -2.37. The van der Waals surface area contributed by atoms with E-state index in [0.717, 1.165) is 27.9 Å². The van der Waals surface area contributed by atoms with Crippen LogP contribution < -0.4 is 10.2 Å². The van der Waals surface area contributed by atoms with E-state index in [9.17, 15) is 4.79 Å². The van der Waals surface area contributed by atoms with E-state index in [-0.39, 0.29) is 10.5 Å². The summed E-state index contributed by atoms with van der Waals surface area (Å²) in [6.45, 7) is 3.52. The SMILES string of the molecule is COC(C)(CNCc1ccc2c(c1)sc(=O)n2C)c1ccccc1. The number of benzene rings is 2. The van der Waals surface area contributed by atoms with Crippen molar-refractivity contribution in [3.05, 3.63) is 69.3 Å². The van der Waals surface area contributed by atoms with Crippen LogP contribution in [0.4, 0.5) is 0 Å². The van der Waals surface area contributed by atoms with Crippen molar-refractivity contribution >= 4 is 21.6 Å². The van der Waals surface area contributed by atoms with Gasteiger partial charge in [0.05, 0.1) is 10.2 Å². The summed E-state index contributed by atoms with van der Waals surface area (Å²) in [4.78, 5) is 11.8. The summed E-state index contributed by atoms with van der Waals surface area (Å²) < 4.78 is 8.46. The second-order valence-corrected chi connectivity index (χ2v) is 7.13. The maximum Gasteiger partial charge on any atom is 0.307 e. The Balaban J connectivity index is 1.70. The number of aryl methyl sites for hydroxylation is 1. The Morgan fingerprint density at radius 1 is 1.21 bits per heavy atom. The molecule has 0 aliphatic heterocycles. The van der Waals surface area contributed by atoms with Crippen LogP contribution in [0.2, 0.25) is 0 Å². The highest BCUT2D eigenvalue weighted by molar-refractivity contribution is 7.16. The topological polar surface area (TPSA) is 43.3 Å². The number of aromatic nitrogens is 1. The summed E-state index contributed by atoms with van der Waals surface area (Å²) in [6, 6.07) is 16.4. The lowest BCUT2D eigenvalue weighted by atomic mass is 9.95. The van der Waals surface area contributed by atoms with Crippen LogP contribution in [0.5, 0.6) is 0 Å². The van der Waals surface area contributed by atoms with E-state index in [2.05, 4.69) is 36.5 Å². The van der Waals surface area contributed by atoms with Gasteiger partial charge in [-0.2, -0.15) is 0 Å². The van der Waals surface area contributed by atoms with E-state index in [4.69, 9.17) is 4.74 Å². The Morgan fingerprint density at radius 3 is 2.67 bits per heavy atom. The zero-order valence-corrected chi connectivity index (χ0v) is 15.0. The largest absolute Gasteiger partial charge is 0.372 e. The van der Waals surface area contributed by atoms with Gasteiger partial charge < -0.3 is 14.6 Å². The van der Waals surface area contributed by atoms with Crippen LogP contribution in [0.25, 0.3) is 10.2 Å². The number of nitrogens with zero attached hydrogens (tertiary/aromatic N) is 1. The highest BCUT2D eigenvalue weighted by Gasteiger charge is 2.25. The van der Waals surface area contributed by atoms with Crippen LogP contribution in [0.1, 0.15) is 18.1 Å². The highest BCUT2D eigenvalue weighted by Crippen LogP contribution is 2.24. The van der Waals surface area contributed by atoms with Gasteiger partial charge in [-0.1, -0.05) is 47.7 Å². The molecule has 0 saturated heterocycles. The van der Waals surface area contributed by atoms with Gasteiger partial charge in [0.2, 0.25) is 0 Å². The van der Waals surface area contributed by atoms with Gasteiger partial charge in [-0.15, -0.1) is 0 Å². The Morgan fingerprint density at radius 2 is 1.96 bits per heavy atom. The van der Waals surface area contributed by atoms with Gasteiger partial charge in [-0.3, -0.25) is 4.79 Å². The fraction of sp³-hybridized carbons (Fsp3) is 0.316. The molecule has 5 heteroatoms. The van der Waals surface area contributed by atoms with E-state index in [1.807, 2.05) is 31.3 Å². The average molecular weight is 342 g/mol. The van der Waals surface area contributed by atoms with E-state index in [0.29, 0.717) is 6.54 Å². The standard InChI is InChI=1S/C19H22N2O2S/c1-19(23-3,15-7-5-4-6-8-15)13-20-12-14-9-10-16-17(11-14)24-18(22)21(16)2/h4-11,20H,12-13H2,1-3H3. The number of methoxy groups -OCH3 is 1. The molecule has 1 aromatic heterocycles. The molecule has 0 aliphatic rings. The van der Waals surface area contributed by atoms with Crippen LogP contribution in [-0.4, -0.2) is 18.2 Å². The molecule has 0 saturated carbocycles. The van der Waals surface area contributed by atoms with Crippen LogP contribution in [0, 0.1) is 0 Å². The zero-order chi connectivity index (χ0) is 17.2. The molecule has 1 atom stereocenters. The van der Waals surface area contributed by atoms with Crippen molar-refractivity contribution in [3.8, 4) is 0 Å². The first-order valence-corrected chi connectivity index (χ1v) is 8.75. The first-order valence-electron chi connectivity index (χ1n) is 7.93. The fourth-order valence-electron chi connectivity index (χ4n) is 2.82. The Bertz CT molecular complexity index is 885. The number of fused-ring (bicyclic) bond motifs is 1. The lowest BCUT2D eigenvalue weighted by molar-refractivity contribution is 0.00245. The molecule has 0 spiro atoms. The molecule has 0 fully saturated rings. The summed E-state index contributed by atoms with van der Waals surface area (Å²) >= 11 is 1.29. The van der Waals surface area contributed by atoms with Crippen molar-refractivity contribution in [3.63, 3.8) is 0 Å². The minimum atomic E-state index is -0.372. The lowest BCUT2D eigenvalue weighted by Gasteiger charge is -2.29. The first-order chi connectivity index (χ1) is 11.5. The van der Waals surface area contributed by atoms with Gasteiger partial charge in [0, 0.05) is 27.2 Å². The number of ether oxygens (including phenoxy) is 1. The first kappa shape index (κ1) is 16.9. The molecule has 3 aromatic rings. The summed E-state index contributed by atoms with van der Waals surface area (Å²) in [6.07, 6.45) is 0. The van der Waals surface area contributed by atoms with Gasteiger partial charge in [0.1, 0.15) is 5.60 Å². The molecule has 0 aliphatic carbocycles. The second-order valence-electron chi connectivity index (χ2n) is 6.13. The minimum absolute atomic E-state index is 0.0751. The number of nitrogens with one attached hydrogen (secondary N) is 1. The van der Waals surface area contributed by atoms with Crippen molar-refractivity contribution < 1.29 is 4.74 Å². The molecule has 24 heavy (non-hydrogen) atoms. The van der Waals surface area contributed by atoms with Crippen molar-refractivity contribution in [1.82, 2.24) is 9.88 Å². The van der Waals surface area contributed by atoms with Crippen molar-refractivity contribution in [2.45, 2.75) is 19.1 Å². The maximum atomic E-state index is 11.7. The quantitative estimate of drug-likeness (QED) is 0.748. The van der Waals surface area contributed by atoms with Crippen LogP contribution in [-0.2, 0) is 23.9 Å². The summed E-state index contributed by atoms with van der Waals surface area (Å²) in [5.41, 5.74) is 2.93. The number of thiazole rings is 1. The normalized spacial score (nSPS) is 14.0. The van der Waals surface area contributed by atoms with E-state index >= 15 is 0 Å². The summed E-state index contributed by atoms with van der Waals surface area (Å²) in [5.74, 6) is 0. The Kier molecular flexibility index (Phi) is 4.85. The molecular weight excluding hydrogens is 320 g/mol. The molecule has 1 N–H and O–H groups in total. The Labute approximate surface area is 145 Å². The van der Waals surface area contributed by atoms with Crippen molar-refractivity contribution in [2.75, 3.05) is 13.7 Å². The van der Waals surface area contributed by atoms with E-state index in [1.54, 1.807) is 11.7 Å². The summed E-state index contributed by atoms with van der Waals surface area (Å²) in [7, 11) is 3.55. The van der Waals surface area contributed by atoms with Gasteiger partial charge in [-0.05, 0) is 30.2 Å². The predicted octanol–water partition coefficient (Wildman–Crippen LogP) is 3.25. The van der Waals surface area contributed by atoms with Gasteiger partial charge in [0.25, 0.3) is 0 Å². The Hall–Kier alpha value is -1.95. The summed E-state index contributed by atoms with van der Waals surface area (Å²) in [5, 5.41) is 3.47. The van der Waals surface area contributed by atoms with Gasteiger partial charge in [0.15, 0.2) is 0 Å². The molecule has 0 amide bonds. The third kappa shape index (κ3) is 3.29. The van der Waals surface area contributed by atoms with E-state index in [1.165, 1.54) is 11.3 Å². The van der Waals surface area contributed by atoms with Crippen LogP contribution in [0.3, 0.4) is 0 Å². The fourth-order valence-corrected chi connectivity index (χ4v) is 3.76. The third-order valence-electron chi connectivity index (χ3n) is 4.48. The third-order valence-corrected chi connectivity index (χ3v) is 5.48. The van der Waals surface area contributed by atoms with Crippen molar-refractivity contribution in [2.24, 2.45) is 7.05 Å². The molecule has 4 nitrogen and oxygen atoms in total. The molecule has 0 bridgehead atoms. The molecule has 1 unspecified atom stereocenters. The van der Waals surface area contributed by atoms with Gasteiger partial charge in [-0.25, -0.2) is 0 Å². The molecule has 3 rings (SSSR count). The molecule has 0 radical (unpaired) electrons. The average Bonchev–Trinajstić information content (AvgIpc) is 2.89. The van der Waals surface area contributed by atoms with Gasteiger partial charge >= 0.3 is 4.87 Å². The highest BCUT2D eigenvalue weighted by atomic mass is 32.1.